The molecule has 0 fully saturated rings. The third-order valence-electron chi connectivity index (χ3n) is 2.90. The molecule has 0 aliphatic rings. The van der Waals surface area contributed by atoms with Crippen molar-refractivity contribution in [1.29, 1.82) is 0 Å². The molecule has 0 aliphatic carbocycles. The Kier molecular flexibility index (Phi) is 4.63. The van der Waals surface area contributed by atoms with E-state index in [0.29, 0.717) is 12.1 Å². The first kappa shape index (κ1) is 14.5. The molecule has 0 saturated carbocycles. The Balaban J connectivity index is 2.21. The lowest BCUT2D eigenvalue weighted by Crippen LogP contribution is -2.04. The summed E-state index contributed by atoms with van der Waals surface area (Å²) in [6.45, 7) is 4.54. The number of hydrogen-bond donors (Lipinski definition) is 1. The molecule has 19 heavy (non-hydrogen) atoms. The van der Waals surface area contributed by atoms with Crippen molar-refractivity contribution in [1.82, 2.24) is 0 Å². The summed E-state index contributed by atoms with van der Waals surface area (Å²) in [4.78, 5) is 0. The van der Waals surface area contributed by atoms with E-state index in [1.54, 1.807) is 12.1 Å². The van der Waals surface area contributed by atoms with E-state index in [9.17, 15) is 4.39 Å². The molecule has 2 rings (SSSR count). The summed E-state index contributed by atoms with van der Waals surface area (Å²) in [5, 5.41) is 3.29. The Bertz CT molecular complexity index is 588. The SMILES string of the molecule is Cc1cc(C)c(NCc2cc(Br)ccc2F)c(Br)c1. The first-order valence-corrected chi connectivity index (χ1v) is 7.50. The van der Waals surface area contributed by atoms with Crippen LogP contribution in [0.1, 0.15) is 16.7 Å². The highest BCUT2D eigenvalue weighted by molar-refractivity contribution is 9.10. The highest BCUT2D eigenvalue weighted by Gasteiger charge is 2.07. The fraction of sp³-hybridized carbons (Fsp3) is 0.200. The fourth-order valence-electron chi connectivity index (χ4n) is 2.00. The van der Waals surface area contributed by atoms with Gasteiger partial charge in [0.25, 0.3) is 0 Å². The van der Waals surface area contributed by atoms with E-state index in [4.69, 9.17) is 0 Å². The number of anilines is 1. The summed E-state index contributed by atoms with van der Waals surface area (Å²) in [5.41, 5.74) is 3.98. The lowest BCUT2D eigenvalue weighted by Gasteiger charge is -2.13. The highest BCUT2D eigenvalue weighted by atomic mass is 79.9. The number of nitrogens with one attached hydrogen (secondary N) is 1. The van der Waals surface area contributed by atoms with E-state index in [2.05, 4.69) is 50.2 Å². The summed E-state index contributed by atoms with van der Waals surface area (Å²) in [6.07, 6.45) is 0. The maximum Gasteiger partial charge on any atom is 0.128 e. The second kappa shape index (κ2) is 6.06. The van der Waals surface area contributed by atoms with E-state index in [1.165, 1.54) is 11.6 Å². The molecule has 0 atom stereocenters. The van der Waals surface area contributed by atoms with Crippen LogP contribution in [0, 0.1) is 19.7 Å². The van der Waals surface area contributed by atoms with Gasteiger partial charge in [-0.3, -0.25) is 0 Å². The van der Waals surface area contributed by atoms with Gasteiger partial charge in [0, 0.05) is 21.1 Å². The van der Waals surface area contributed by atoms with Gasteiger partial charge in [-0.1, -0.05) is 22.0 Å². The average Bonchev–Trinajstić information content (AvgIpc) is 2.32. The fourth-order valence-corrected chi connectivity index (χ4v) is 3.22. The van der Waals surface area contributed by atoms with Crippen molar-refractivity contribution in [2.75, 3.05) is 5.32 Å². The van der Waals surface area contributed by atoms with Crippen LogP contribution in [0.5, 0.6) is 0 Å². The minimum atomic E-state index is -0.198. The molecule has 1 N–H and O–H groups in total. The zero-order valence-electron chi connectivity index (χ0n) is 10.7. The number of hydrogen-bond acceptors (Lipinski definition) is 1. The number of halogens is 3. The van der Waals surface area contributed by atoms with Crippen LogP contribution in [0.15, 0.2) is 39.3 Å². The van der Waals surface area contributed by atoms with Crippen molar-refractivity contribution in [3.8, 4) is 0 Å². The summed E-state index contributed by atoms with van der Waals surface area (Å²) < 4.78 is 15.5. The molecule has 0 heterocycles. The molecule has 2 aromatic carbocycles. The van der Waals surface area contributed by atoms with Gasteiger partial charge >= 0.3 is 0 Å². The number of rotatable bonds is 3. The van der Waals surface area contributed by atoms with Crippen LogP contribution in [0.2, 0.25) is 0 Å². The molecule has 0 amide bonds. The number of benzene rings is 2. The molecular weight excluding hydrogens is 373 g/mol. The molecule has 0 spiro atoms. The summed E-state index contributed by atoms with van der Waals surface area (Å²) in [6, 6.07) is 9.11. The minimum Gasteiger partial charge on any atom is -0.380 e. The predicted octanol–water partition coefficient (Wildman–Crippen LogP) is 5.58. The van der Waals surface area contributed by atoms with Crippen molar-refractivity contribution in [3.63, 3.8) is 0 Å². The summed E-state index contributed by atoms with van der Waals surface area (Å²) >= 11 is 6.90. The molecule has 0 saturated heterocycles. The number of aryl methyl sites for hydroxylation is 2. The second-order valence-corrected chi connectivity index (χ2v) is 6.30. The maximum absolute atomic E-state index is 13.7. The van der Waals surface area contributed by atoms with Gasteiger partial charge in [0.15, 0.2) is 0 Å². The van der Waals surface area contributed by atoms with Gasteiger partial charge in [0.2, 0.25) is 0 Å². The molecular formula is C15H14Br2FN. The Hall–Kier alpha value is -0.870. The van der Waals surface area contributed by atoms with Gasteiger partial charge in [0.05, 0.1) is 5.69 Å². The van der Waals surface area contributed by atoms with E-state index >= 15 is 0 Å². The second-order valence-electron chi connectivity index (χ2n) is 4.53. The maximum atomic E-state index is 13.7. The molecule has 100 valence electrons. The van der Waals surface area contributed by atoms with Gasteiger partial charge in [-0.15, -0.1) is 0 Å². The summed E-state index contributed by atoms with van der Waals surface area (Å²) in [7, 11) is 0. The van der Waals surface area contributed by atoms with Crippen molar-refractivity contribution in [3.05, 3.63) is 61.8 Å². The largest absolute Gasteiger partial charge is 0.380 e. The molecule has 1 nitrogen and oxygen atoms in total. The Labute approximate surface area is 129 Å². The summed E-state index contributed by atoms with van der Waals surface area (Å²) in [5.74, 6) is -0.198. The average molecular weight is 387 g/mol. The van der Waals surface area contributed by atoms with Gasteiger partial charge in [-0.2, -0.15) is 0 Å². The van der Waals surface area contributed by atoms with Crippen LogP contribution >= 0.6 is 31.9 Å². The van der Waals surface area contributed by atoms with Crippen LogP contribution in [0.4, 0.5) is 10.1 Å². The Morgan fingerprint density at radius 2 is 1.84 bits per heavy atom. The molecule has 4 heteroatoms. The molecule has 0 aliphatic heterocycles. The third-order valence-corrected chi connectivity index (χ3v) is 4.01. The topological polar surface area (TPSA) is 12.0 Å². The van der Waals surface area contributed by atoms with Gasteiger partial charge in [-0.25, -0.2) is 4.39 Å². The predicted molar refractivity (Wildman–Crippen MR) is 85.0 cm³/mol. The zero-order valence-corrected chi connectivity index (χ0v) is 13.9. The first-order valence-electron chi connectivity index (χ1n) is 5.92. The zero-order chi connectivity index (χ0) is 14.0. The Morgan fingerprint density at radius 1 is 1.11 bits per heavy atom. The monoisotopic (exact) mass is 385 g/mol. The van der Waals surface area contributed by atoms with Crippen LogP contribution in [0.25, 0.3) is 0 Å². The molecule has 2 aromatic rings. The van der Waals surface area contributed by atoms with E-state index in [0.717, 1.165) is 20.2 Å². The normalized spacial score (nSPS) is 10.6. The van der Waals surface area contributed by atoms with Crippen LogP contribution in [-0.4, -0.2) is 0 Å². The van der Waals surface area contributed by atoms with Gasteiger partial charge in [-0.05, 0) is 65.2 Å². The lowest BCUT2D eigenvalue weighted by molar-refractivity contribution is 0.612. The standard InChI is InChI=1S/C15H14Br2FN/c1-9-5-10(2)15(13(17)6-9)19-8-11-7-12(16)3-4-14(11)18/h3-7,19H,8H2,1-2H3. The molecule has 0 unspecified atom stereocenters. The first-order chi connectivity index (χ1) is 8.97. The van der Waals surface area contributed by atoms with Crippen LogP contribution in [-0.2, 0) is 6.54 Å². The quantitative estimate of drug-likeness (QED) is 0.725. The van der Waals surface area contributed by atoms with Gasteiger partial charge < -0.3 is 5.32 Å². The van der Waals surface area contributed by atoms with Crippen LogP contribution in [0.3, 0.4) is 0 Å². The lowest BCUT2D eigenvalue weighted by atomic mass is 10.1. The van der Waals surface area contributed by atoms with E-state index in [1.807, 2.05) is 13.0 Å². The van der Waals surface area contributed by atoms with Crippen LogP contribution < -0.4 is 5.32 Å². The van der Waals surface area contributed by atoms with Crippen molar-refractivity contribution in [2.45, 2.75) is 20.4 Å². The Morgan fingerprint density at radius 3 is 2.53 bits per heavy atom. The minimum absolute atomic E-state index is 0.198. The molecule has 0 bridgehead atoms. The van der Waals surface area contributed by atoms with Crippen molar-refractivity contribution in [2.24, 2.45) is 0 Å². The highest BCUT2D eigenvalue weighted by Crippen LogP contribution is 2.28. The molecule has 0 aromatic heterocycles. The van der Waals surface area contributed by atoms with Gasteiger partial charge in [0.1, 0.15) is 5.82 Å². The van der Waals surface area contributed by atoms with Crippen molar-refractivity contribution < 1.29 is 4.39 Å². The smallest absolute Gasteiger partial charge is 0.128 e. The van der Waals surface area contributed by atoms with Crippen molar-refractivity contribution >= 4 is 37.5 Å². The van der Waals surface area contributed by atoms with E-state index in [-0.39, 0.29) is 5.82 Å². The molecule has 0 radical (unpaired) electrons. The van der Waals surface area contributed by atoms with E-state index < -0.39 is 0 Å². The third kappa shape index (κ3) is 3.57.